The minimum Gasteiger partial charge on any atom is -0.505 e. The number of phenols is 1. The molecule has 0 aliphatic heterocycles. The Kier molecular flexibility index (Phi) is 3.03. The quantitative estimate of drug-likeness (QED) is 0.681. The molecule has 14 heavy (non-hydrogen) atoms. The normalized spacial score (nSPS) is 12.4. The van der Waals surface area contributed by atoms with E-state index in [0.717, 1.165) is 12.1 Å². The average Bonchev–Trinajstić information content (AvgIpc) is 2.08. The molecule has 0 unspecified atom stereocenters. The summed E-state index contributed by atoms with van der Waals surface area (Å²) in [5.74, 6) is -2.59. The Morgan fingerprint density at radius 3 is 2.64 bits per heavy atom. The first kappa shape index (κ1) is 10.5. The lowest BCUT2D eigenvalue weighted by molar-refractivity contribution is -0.139. The predicted octanol–water partition coefficient (Wildman–Crippen LogP) is 1.04. The topological polar surface area (TPSA) is 77.8 Å². The number of aliphatic hydroxyl groups excluding tert-OH is 1. The van der Waals surface area contributed by atoms with Crippen molar-refractivity contribution in [3.05, 3.63) is 29.6 Å². The third kappa shape index (κ3) is 2.43. The van der Waals surface area contributed by atoms with E-state index < -0.39 is 30.1 Å². The van der Waals surface area contributed by atoms with E-state index in [4.69, 9.17) is 10.2 Å². The van der Waals surface area contributed by atoms with Crippen LogP contribution in [0.1, 0.15) is 18.1 Å². The van der Waals surface area contributed by atoms with Crippen LogP contribution in [-0.4, -0.2) is 21.3 Å². The van der Waals surface area contributed by atoms with Crippen LogP contribution < -0.4 is 0 Å². The Balaban J connectivity index is 2.85. The smallest absolute Gasteiger partial charge is 0.306 e. The summed E-state index contributed by atoms with van der Waals surface area (Å²) in [5, 5.41) is 26.5. The molecule has 0 aliphatic carbocycles. The highest BCUT2D eigenvalue weighted by Crippen LogP contribution is 2.22. The van der Waals surface area contributed by atoms with Gasteiger partial charge in [-0.15, -0.1) is 0 Å². The molecule has 1 atom stereocenters. The lowest BCUT2D eigenvalue weighted by Gasteiger charge is -2.08. The number of hydrogen-bond donors (Lipinski definition) is 3. The molecule has 0 radical (unpaired) electrons. The number of aliphatic carboxylic acids is 1. The molecule has 0 fully saturated rings. The average molecular weight is 200 g/mol. The van der Waals surface area contributed by atoms with Gasteiger partial charge in [-0.3, -0.25) is 4.79 Å². The summed E-state index contributed by atoms with van der Waals surface area (Å²) in [5.41, 5.74) is 0.128. The van der Waals surface area contributed by atoms with Gasteiger partial charge in [-0.25, -0.2) is 4.39 Å². The summed E-state index contributed by atoms with van der Waals surface area (Å²) >= 11 is 0. The Bertz CT molecular complexity index is 351. The Morgan fingerprint density at radius 2 is 2.14 bits per heavy atom. The van der Waals surface area contributed by atoms with Crippen LogP contribution in [-0.2, 0) is 4.79 Å². The molecule has 1 rings (SSSR count). The number of benzene rings is 1. The molecule has 1 aromatic rings. The molecular formula is C9H9FO4. The van der Waals surface area contributed by atoms with E-state index in [1.54, 1.807) is 0 Å². The minimum atomic E-state index is -1.26. The number of halogens is 1. The fourth-order valence-electron chi connectivity index (χ4n) is 1.01. The van der Waals surface area contributed by atoms with E-state index in [-0.39, 0.29) is 5.56 Å². The van der Waals surface area contributed by atoms with Gasteiger partial charge < -0.3 is 15.3 Å². The first-order valence-electron chi connectivity index (χ1n) is 3.89. The molecule has 0 heterocycles. The number of phenolic OH excluding ortho intramolecular Hbond substituents is 1. The van der Waals surface area contributed by atoms with E-state index in [0.29, 0.717) is 0 Å². The van der Waals surface area contributed by atoms with Crippen LogP contribution in [0.4, 0.5) is 4.39 Å². The van der Waals surface area contributed by atoms with Crippen molar-refractivity contribution < 1.29 is 24.5 Å². The van der Waals surface area contributed by atoms with Gasteiger partial charge in [-0.05, 0) is 17.7 Å². The molecule has 0 saturated heterocycles. The third-order valence-electron chi connectivity index (χ3n) is 1.72. The molecule has 3 N–H and O–H groups in total. The zero-order valence-electron chi connectivity index (χ0n) is 7.14. The van der Waals surface area contributed by atoms with Crippen molar-refractivity contribution in [1.82, 2.24) is 0 Å². The summed E-state index contributed by atoms with van der Waals surface area (Å²) in [6, 6.07) is 3.24. The molecule has 0 aliphatic rings. The van der Waals surface area contributed by atoms with Crippen LogP contribution in [0.2, 0.25) is 0 Å². The second kappa shape index (κ2) is 4.06. The Hall–Kier alpha value is -1.62. The van der Waals surface area contributed by atoms with Gasteiger partial charge in [0.1, 0.15) is 0 Å². The minimum absolute atomic E-state index is 0.128. The van der Waals surface area contributed by atoms with Crippen LogP contribution in [0.25, 0.3) is 0 Å². The Morgan fingerprint density at radius 1 is 1.50 bits per heavy atom. The number of aromatic hydroxyl groups is 1. The van der Waals surface area contributed by atoms with Crippen molar-refractivity contribution in [2.45, 2.75) is 12.5 Å². The number of carboxylic acids is 1. The molecule has 0 bridgehead atoms. The number of rotatable bonds is 3. The van der Waals surface area contributed by atoms with Gasteiger partial charge in [0.15, 0.2) is 11.6 Å². The van der Waals surface area contributed by atoms with Gasteiger partial charge in [0.2, 0.25) is 0 Å². The van der Waals surface area contributed by atoms with Crippen LogP contribution >= 0.6 is 0 Å². The van der Waals surface area contributed by atoms with Crippen molar-refractivity contribution in [1.29, 1.82) is 0 Å². The van der Waals surface area contributed by atoms with Crippen LogP contribution in [0.15, 0.2) is 18.2 Å². The SMILES string of the molecule is O=C(O)C[C@H](O)c1ccc(O)c(F)c1. The summed E-state index contributed by atoms with van der Waals surface area (Å²) in [6.45, 7) is 0. The van der Waals surface area contributed by atoms with Crippen molar-refractivity contribution in [2.24, 2.45) is 0 Å². The second-order valence-corrected chi connectivity index (χ2v) is 2.82. The molecule has 76 valence electrons. The number of hydrogen-bond acceptors (Lipinski definition) is 3. The largest absolute Gasteiger partial charge is 0.505 e. The zero-order chi connectivity index (χ0) is 10.7. The Labute approximate surface area is 79.2 Å². The maximum absolute atomic E-state index is 12.8. The highest BCUT2D eigenvalue weighted by Gasteiger charge is 2.13. The lowest BCUT2D eigenvalue weighted by atomic mass is 10.1. The zero-order valence-corrected chi connectivity index (χ0v) is 7.14. The highest BCUT2D eigenvalue weighted by molar-refractivity contribution is 5.67. The highest BCUT2D eigenvalue weighted by atomic mass is 19.1. The van der Waals surface area contributed by atoms with E-state index in [1.807, 2.05) is 0 Å². The molecule has 4 nitrogen and oxygen atoms in total. The van der Waals surface area contributed by atoms with Gasteiger partial charge in [-0.1, -0.05) is 6.07 Å². The van der Waals surface area contributed by atoms with E-state index in [9.17, 15) is 14.3 Å². The number of carbonyl (C=O) groups is 1. The van der Waals surface area contributed by atoms with Crippen LogP contribution in [0.3, 0.4) is 0 Å². The van der Waals surface area contributed by atoms with Gasteiger partial charge in [0.25, 0.3) is 0 Å². The van der Waals surface area contributed by atoms with Crippen LogP contribution in [0, 0.1) is 5.82 Å². The first-order valence-corrected chi connectivity index (χ1v) is 3.89. The van der Waals surface area contributed by atoms with Crippen molar-refractivity contribution in [3.8, 4) is 5.75 Å². The van der Waals surface area contributed by atoms with Crippen LogP contribution in [0.5, 0.6) is 5.75 Å². The predicted molar refractivity (Wildman–Crippen MR) is 45.3 cm³/mol. The van der Waals surface area contributed by atoms with Crippen molar-refractivity contribution in [2.75, 3.05) is 0 Å². The summed E-state index contributed by atoms with van der Waals surface area (Å²) < 4.78 is 12.8. The molecule has 0 aromatic heterocycles. The first-order chi connectivity index (χ1) is 6.50. The van der Waals surface area contributed by atoms with Gasteiger partial charge in [-0.2, -0.15) is 0 Å². The molecule has 1 aromatic carbocycles. The fraction of sp³-hybridized carbons (Fsp3) is 0.222. The van der Waals surface area contributed by atoms with Gasteiger partial charge in [0, 0.05) is 0 Å². The van der Waals surface area contributed by atoms with Gasteiger partial charge in [0.05, 0.1) is 12.5 Å². The van der Waals surface area contributed by atoms with Crippen molar-refractivity contribution >= 4 is 5.97 Å². The summed E-state index contributed by atoms with van der Waals surface area (Å²) in [6.07, 6.45) is -1.76. The van der Waals surface area contributed by atoms with E-state index >= 15 is 0 Å². The maximum Gasteiger partial charge on any atom is 0.306 e. The summed E-state index contributed by atoms with van der Waals surface area (Å²) in [4.78, 5) is 10.2. The monoisotopic (exact) mass is 200 g/mol. The molecular weight excluding hydrogens is 191 g/mol. The number of carboxylic acid groups (broad SMARTS) is 1. The lowest BCUT2D eigenvalue weighted by Crippen LogP contribution is -2.05. The van der Waals surface area contributed by atoms with E-state index in [1.165, 1.54) is 6.07 Å². The third-order valence-corrected chi connectivity index (χ3v) is 1.72. The molecule has 0 saturated carbocycles. The van der Waals surface area contributed by atoms with Gasteiger partial charge >= 0.3 is 5.97 Å². The summed E-state index contributed by atoms with van der Waals surface area (Å²) in [7, 11) is 0. The molecule has 5 heteroatoms. The molecule has 0 amide bonds. The standard InChI is InChI=1S/C9H9FO4/c10-6-3-5(1-2-7(6)11)8(12)4-9(13)14/h1-3,8,11-12H,4H2,(H,13,14)/t8-/m0/s1. The molecule has 0 spiro atoms. The second-order valence-electron chi connectivity index (χ2n) is 2.82. The maximum atomic E-state index is 12.8. The van der Waals surface area contributed by atoms with Crippen molar-refractivity contribution in [3.63, 3.8) is 0 Å². The fourth-order valence-corrected chi connectivity index (χ4v) is 1.01. The van der Waals surface area contributed by atoms with E-state index in [2.05, 4.69) is 0 Å². The number of aliphatic hydroxyl groups is 1.